The summed E-state index contributed by atoms with van der Waals surface area (Å²) in [5.41, 5.74) is 8.38. The van der Waals surface area contributed by atoms with Crippen molar-refractivity contribution < 1.29 is 9.47 Å². The minimum absolute atomic E-state index is 0.287. The van der Waals surface area contributed by atoms with E-state index in [-0.39, 0.29) is 5.54 Å². The summed E-state index contributed by atoms with van der Waals surface area (Å²) in [5, 5.41) is 0.716. The summed E-state index contributed by atoms with van der Waals surface area (Å²) >= 11 is 6.20. The van der Waals surface area contributed by atoms with Gasteiger partial charge in [0.1, 0.15) is 5.75 Å². The van der Waals surface area contributed by atoms with Gasteiger partial charge in [-0.25, -0.2) is 0 Å². The van der Waals surface area contributed by atoms with Gasteiger partial charge in [-0.3, -0.25) is 0 Å². The smallest absolute Gasteiger partial charge is 0.189 e. The minimum Gasteiger partial charge on any atom is -0.467 e. The monoisotopic (exact) mass is 267 g/mol. The molecule has 1 aliphatic heterocycles. The zero-order valence-electron chi connectivity index (χ0n) is 10.4. The van der Waals surface area contributed by atoms with Crippen molar-refractivity contribution >= 4 is 11.6 Å². The Bertz CT molecular complexity index is 455. The summed E-state index contributed by atoms with van der Waals surface area (Å²) in [5.74, 6) is 0.898. The molecule has 18 heavy (non-hydrogen) atoms. The molecule has 2 aliphatic rings. The molecular formula is C14H18ClNO2. The predicted molar refractivity (Wildman–Crippen MR) is 70.7 cm³/mol. The van der Waals surface area contributed by atoms with Crippen molar-refractivity contribution in [2.24, 2.45) is 5.73 Å². The van der Waals surface area contributed by atoms with Crippen LogP contribution in [0.15, 0.2) is 12.1 Å². The Morgan fingerprint density at radius 1 is 1.17 bits per heavy atom. The van der Waals surface area contributed by atoms with Crippen LogP contribution in [0.1, 0.15) is 43.2 Å². The van der Waals surface area contributed by atoms with Crippen molar-refractivity contribution in [3.05, 3.63) is 28.3 Å². The Kier molecular flexibility index (Phi) is 3.22. The van der Waals surface area contributed by atoms with Gasteiger partial charge in [-0.2, -0.15) is 0 Å². The van der Waals surface area contributed by atoms with Crippen LogP contribution in [-0.4, -0.2) is 6.79 Å². The van der Waals surface area contributed by atoms with E-state index in [0.29, 0.717) is 18.4 Å². The lowest BCUT2D eigenvalue weighted by atomic mass is 9.76. The average Bonchev–Trinajstić information content (AvgIpc) is 2.38. The van der Waals surface area contributed by atoms with Gasteiger partial charge in [-0.15, -0.1) is 0 Å². The van der Waals surface area contributed by atoms with Gasteiger partial charge in [0, 0.05) is 21.7 Å². The molecule has 1 heterocycles. The normalized spacial score (nSPS) is 22.1. The first-order valence-electron chi connectivity index (χ1n) is 6.51. The first-order valence-corrected chi connectivity index (χ1v) is 6.89. The average molecular weight is 268 g/mol. The van der Waals surface area contributed by atoms with Crippen LogP contribution in [0.2, 0.25) is 5.02 Å². The fourth-order valence-electron chi connectivity index (χ4n) is 3.00. The Morgan fingerprint density at radius 2 is 1.94 bits per heavy atom. The molecule has 0 atom stereocenters. The molecule has 2 N–H and O–H groups in total. The van der Waals surface area contributed by atoms with Gasteiger partial charge in [0.2, 0.25) is 0 Å². The number of benzene rings is 1. The first kappa shape index (κ1) is 12.3. The van der Waals surface area contributed by atoms with E-state index in [1.54, 1.807) is 0 Å². The molecule has 98 valence electrons. The second kappa shape index (κ2) is 4.72. The summed E-state index contributed by atoms with van der Waals surface area (Å²) in [6.07, 6.45) is 5.63. The number of hydrogen-bond acceptors (Lipinski definition) is 3. The highest BCUT2D eigenvalue weighted by molar-refractivity contribution is 6.30. The van der Waals surface area contributed by atoms with E-state index < -0.39 is 0 Å². The van der Waals surface area contributed by atoms with Crippen molar-refractivity contribution in [2.45, 2.75) is 44.2 Å². The molecule has 0 spiro atoms. The number of nitrogens with two attached hydrogens (primary N) is 1. The van der Waals surface area contributed by atoms with Crippen LogP contribution in [0.25, 0.3) is 0 Å². The number of fused-ring (bicyclic) bond motifs is 1. The highest BCUT2D eigenvalue weighted by Gasteiger charge is 2.34. The number of ether oxygens (including phenoxy) is 2. The molecule has 1 aromatic carbocycles. The second-order valence-corrected chi connectivity index (χ2v) is 5.71. The standard InChI is InChI=1S/C14H18ClNO2/c15-11-6-10-8-17-9-18-13(10)12(7-11)14(16)4-2-1-3-5-14/h6-7H,1-5,8-9,16H2. The predicted octanol–water partition coefficient (Wildman–Crippen LogP) is 3.32. The largest absolute Gasteiger partial charge is 0.467 e. The molecule has 1 saturated carbocycles. The third-order valence-corrected chi connectivity index (χ3v) is 4.18. The molecule has 0 aromatic heterocycles. The highest BCUT2D eigenvalue weighted by atomic mass is 35.5. The molecule has 1 aliphatic carbocycles. The van der Waals surface area contributed by atoms with Crippen molar-refractivity contribution in [2.75, 3.05) is 6.79 Å². The third-order valence-electron chi connectivity index (χ3n) is 3.96. The highest BCUT2D eigenvalue weighted by Crippen LogP contribution is 2.43. The van der Waals surface area contributed by atoms with Gasteiger partial charge in [0.05, 0.1) is 6.61 Å². The summed E-state index contributed by atoms with van der Waals surface area (Å²) < 4.78 is 11.0. The van der Waals surface area contributed by atoms with Crippen molar-refractivity contribution in [1.29, 1.82) is 0 Å². The molecule has 0 bridgehead atoms. The molecule has 0 unspecified atom stereocenters. The zero-order valence-corrected chi connectivity index (χ0v) is 11.1. The maximum absolute atomic E-state index is 6.59. The molecule has 0 radical (unpaired) electrons. The van der Waals surface area contributed by atoms with E-state index in [1.165, 1.54) is 19.3 Å². The third kappa shape index (κ3) is 2.11. The molecular weight excluding hydrogens is 250 g/mol. The second-order valence-electron chi connectivity index (χ2n) is 5.27. The van der Waals surface area contributed by atoms with Crippen LogP contribution in [0, 0.1) is 0 Å². The molecule has 3 rings (SSSR count). The lowest BCUT2D eigenvalue weighted by molar-refractivity contribution is -0.0180. The number of halogens is 1. The van der Waals surface area contributed by atoms with E-state index >= 15 is 0 Å². The van der Waals surface area contributed by atoms with Crippen LogP contribution in [0.5, 0.6) is 5.75 Å². The van der Waals surface area contributed by atoms with Crippen LogP contribution < -0.4 is 10.5 Å². The number of rotatable bonds is 1. The van der Waals surface area contributed by atoms with Gasteiger partial charge >= 0.3 is 0 Å². The Labute approximate surface area is 112 Å². The summed E-state index contributed by atoms with van der Waals surface area (Å²) in [6, 6.07) is 3.88. The minimum atomic E-state index is -0.287. The van der Waals surface area contributed by atoms with E-state index in [4.69, 9.17) is 26.8 Å². The zero-order chi connectivity index (χ0) is 12.6. The summed E-state index contributed by atoms with van der Waals surface area (Å²) in [6.45, 7) is 0.858. The first-order chi connectivity index (χ1) is 8.69. The molecule has 1 fully saturated rings. The van der Waals surface area contributed by atoms with E-state index in [0.717, 1.165) is 29.7 Å². The fraction of sp³-hybridized carbons (Fsp3) is 0.571. The van der Waals surface area contributed by atoms with E-state index in [2.05, 4.69) is 0 Å². The topological polar surface area (TPSA) is 44.5 Å². The lowest BCUT2D eigenvalue weighted by Gasteiger charge is -2.36. The van der Waals surface area contributed by atoms with Gasteiger partial charge in [-0.1, -0.05) is 30.9 Å². The van der Waals surface area contributed by atoms with Crippen LogP contribution >= 0.6 is 11.6 Å². The van der Waals surface area contributed by atoms with Crippen molar-refractivity contribution in [1.82, 2.24) is 0 Å². The van der Waals surface area contributed by atoms with Crippen molar-refractivity contribution in [3.8, 4) is 5.75 Å². The van der Waals surface area contributed by atoms with E-state index in [9.17, 15) is 0 Å². The van der Waals surface area contributed by atoms with Crippen LogP contribution in [0.3, 0.4) is 0 Å². The van der Waals surface area contributed by atoms with Gasteiger partial charge < -0.3 is 15.2 Å². The van der Waals surface area contributed by atoms with Crippen LogP contribution in [-0.2, 0) is 16.9 Å². The molecule has 1 aromatic rings. The Balaban J connectivity index is 2.07. The SMILES string of the molecule is NC1(c2cc(Cl)cc3c2OCOC3)CCCCC1. The summed E-state index contributed by atoms with van der Waals surface area (Å²) in [4.78, 5) is 0. The molecule has 0 amide bonds. The van der Waals surface area contributed by atoms with Gasteiger partial charge in [0.15, 0.2) is 6.79 Å². The summed E-state index contributed by atoms with van der Waals surface area (Å²) in [7, 11) is 0. The molecule has 4 heteroatoms. The maximum Gasteiger partial charge on any atom is 0.189 e. The lowest BCUT2D eigenvalue weighted by Crippen LogP contribution is -2.39. The Hall–Kier alpha value is -0.770. The van der Waals surface area contributed by atoms with Gasteiger partial charge in [0.25, 0.3) is 0 Å². The quantitative estimate of drug-likeness (QED) is 0.849. The maximum atomic E-state index is 6.59. The fourth-order valence-corrected chi connectivity index (χ4v) is 3.24. The Morgan fingerprint density at radius 3 is 2.72 bits per heavy atom. The molecule has 3 nitrogen and oxygen atoms in total. The van der Waals surface area contributed by atoms with Crippen LogP contribution in [0.4, 0.5) is 0 Å². The number of hydrogen-bond donors (Lipinski definition) is 1. The van der Waals surface area contributed by atoms with Gasteiger partial charge in [-0.05, 0) is 25.0 Å². The van der Waals surface area contributed by atoms with Crippen molar-refractivity contribution in [3.63, 3.8) is 0 Å². The molecule has 0 saturated heterocycles. The van der Waals surface area contributed by atoms with E-state index in [1.807, 2.05) is 12.1 Å².